The fourth-order valence-corrected chi connectivity index (χ4v) is 8.16. The van der Waals surface area contributed by atoms with E-state index in [-0.39, 0.29) is 33.9 Å². The van der Waals surface area contributed by atoms with Gasteiger partial charge in [0, 0.05) is 50.0 Å². The van der Waals surface area contributed by atoms with E-state index in [1.807, 2.05) is 24.3 Å². The van der Waals surface area contributed by atoms with Crippen LogP contribution in [0, 0.1) is 11.8 Å². The largest absolute Gasteiger partial charge is 0.493 e. The van der Waals surface area contributed by atoms with Crippen LogP contribution in [-0.4, -0.2) is 55.0 Å². The van der Waals surface area contributed by atoms with Gasteiger partial charge in [-0.05, 0) is 59.5 Å². The van der Waals surface area contributed by atoms with Gasteiger partial charge in [0.2, 0.25) is 0 Å². The van der Waals surface area contributed by atoms with Crippen molar-refractivity contribution in [3.8, 4) is 23.0 Å². The number of carbonyl (C=O) groups is 2. The lowest BCUT2D eigenvalue weighted by Crippen LogP contribution is -2.57. The van der Waals surface area contributed by atoms with Crippen molar-refractivity contribution in [1.29, 1.82) is 0 Å². The normalized spacial score (nSPS) is 22.4. The van der Waals surface area contributed by atoms with Gasteiger partial charge in [-0.1, -0.05) is 53.7 Å². The van der Waals surface area contributed by atoms with E-state index < -0.39 is 28.5 Å². The van der Waals surface area contributed by atoms with Crippen molar-refractivity contribution in [2.75, 3.05) is 26.4 Å². The Morgan fingerprint density at radius 2 is 0.957 bits per heavy atom. The van der Waals surface area contributed by atoms with Crippen LogP contribution in [0.1, 0.15) is 77.3 Å². The molecule has 1 aliphatic carbocycles. The maximum Gasteiger partial charge on any atom is 0.315 e. The van der Waals surface area contributed by atoms with Crippen molar-refractivity contribution < 1.29 is 37.4 Å². The minimum Gasteiger partial charge on any atom is -0.493 e. The Balaban J connectivity index is 1.21. The summed E-state index contributed by atoms with van der Waals surface area (Å²) in [6.45, 7) is 24.7. The SMILES string of the molecule is CC(C)(C)[Si](C)(C)OCCCOc1ccc2c(c1)OC(=O)[C@H]1[C@@H]3C(=O)Oc4cc(OCCCO[Si](C)(C)C(C)(C)C)ccc4[C@@H]3[C@@H]21. The Morgan fingerprint density at radius 3 is 1.30 bits per heavy atom. The van der Waals surface area contributed by atoms with Crippen molar-refractivity contribution in [2.45, 2.75) is 102 Å². The molecule has 0 N–H and O–H groups in total. The molecule has 0 aromatic heterocycles. The summed E-state index contributed by atoms with van der Waals surface area (Å²) in [7, 11) is -3.59. The van der Waals surface area contributed by atoms with Gasteiger partial charge in [-0.15, -0.1) is 0 Å². The molecule has 2 heterocycles. The Kier molecular flexibility index (Phi) is 9.60. The molecule has 5 rings (SSSR count). The van der Waals surface area contributed by atoms with Gasteiger partial charge < -0.3 is 27.8 Å². The first-order valence-corrected chi connectivity index (χ1v) is 22.5. The molecule has 252 valence electrons. The van der Waals surface area contributed by atoms with Crippen LogP contribution in [0.2, 0.25) is 36.3 Å². The number of esters is 2. The average Bonchev–Trinajstić information content (AvgIpc) is 2.92. The molecule has 3 aliphatic rings. The van der Waals surface area contributed by atoms with Gasteiger partial charge in [-0.3, -0.25) is 9.59 Å². The summed E-state index contributed by atoms with van der Waals surface area (Å²) >= 11 is 0. The number of hydrogen-bond donors (Lipinski definition) is 0. The van der Waals surface area contributed by atoms with Gasteiger partial charge in [0.1, 0.15) is 23.0 Å². The predicted molar refractivity (Wildman–Crippen MR) is 183 cm³/mol. The second-order valence-electron chi connectivity index (χ2n) is 16.0. The van der Waals surface area contributed by atoms with Crippen LogP contribution >= 0.6 is 0 Å². The third-order valence-corrected chi connectivity index (χ3v) is 19.9. The monoisotopic (exact) mass is 668 g/mol. The molecule has 46 heavy (non-hydrogen) atoms. The highest BCUT2D eigenvalue weighted by molar-refractivity contribution is 6.74. The van der Waals surface area contributed by atoms with Crippen LogP contribution in [0.4, 0.5) is 0 Å². The number of ether oxygens (including phenoxy) is 4. The molecule has 0 amide bonds. The summed E-state index contributed by atoms with van der Waals surface area (Å²) in [5.74, 6) is 0.0566. The highest BCUT2D eigenvalue weighted by Crippen LogP contribution is 2.65. The quantitative estimate of drug-likeness (QED) is 0.0968. The topological polar surface area (TPSA) is 89.5 Å². The summed E-state index contributed by atoms with van der Waals surface area (Å²) in [6.07, 6.45) is 1.54. The van der Waals surface area contributed by atoms with Crippen LogP contribution < -0.4 is 18.9 Å². The lowest BCUT2D eigenvalue weighted by Gasteiger charge is -2.53. The molecular weight excluding hydrogens is 617 g/mol. The number of fused-ring (bicyclic) bond motifs is 8. The Hall–Kier alpha value is -2.67. The molecule has 0 bridgehead atoms. The minimum atomic E-state index is -1.79. The van der Waals surface area contributed by atoms with Crippen molar-refractivity contribution in [1.82, 2.24) is 0 Å². The third kappa shape index (κ3) is 6.81. The summed E-state index contributed by atoms with van der Waals surface area (Å²) in [5.41, 5.74) is 1.84. The zero-order chi connectivity index (χ0) is 33.7. The zero-order valence-corrected chi connectivity index (χ0v) is 31.3. The van der Waals surface area contributed by atoms with Gasteiger partial charge in [0.15, 0.2) is 16.6 Å². The molecule has 0 spiro atoms. The maximum absolute atomic E-state index is 13.1. The summed E-state index contributed by atoms with van der Waals surface area (Å²) in [5, 5.41) is 0.334. The van der Waals surface area contributed by atoms with E-state index in [9.17, 15) is 9.59 Å². The standard InChI is InChI=1S/C36H52O8Si2/c1-35(2,3)45(7,8)41-19-11-17-39-23-13-15-25-27(21-23)43-33(37)31-29(25)30-26-16-14-24(22-28(26)44-34(38)32(30)31)40-18-12-20-42-46(9,10)36(4,5)6/h13-16,21-22,29-32H,11-12,17-20H2,1-10H3/t29-,30-,31-,32-/m1/s1. The van der Waals surface area contributed by atoms with Crippen molar-refractivity contribution in [3.05, 3.63) is 47.5 Å². The molecule has 10 heteroatoms. The van der Waals surface area contributed by atoms with Crippen LogP contribution in [0.3, 0.4) is 0 Å². The van der Waals surface area contributed by atoms with E-state index in [0.29, 0.717) is 49.4 Å². The number of carbonyl (C=O) groups excluding carboxylic acids is 2. The molecular formula is C36H52O8Si2. The van der Waals surface area contributed by atoms with E-state index in [1.165, 1.54) is 0 Å². The van der Waals surface area contributed by atoms with Crippen molar-refractivity contribution >= 4 is 28.6 Å². The molecule has 2 aromatic carbocycles. The molecule has 0 saturated heterocycles. The highest BCUT2D eigenvalue weighted by atomic mass is 28.4. The van der Waals surface area contributed by atoms with Crippen LogP contribution in [0.15, 0.2) is 36.4 Å². The van der Waals surface area contributed by atoms with E-state index in [0.717, 1.165) is 24.0 Å². The van der Waals surface area contributed by atoms with Crippen molar-refractivity contribution in [2.24, 2.45) is 11.8 Å². The number of benzene rings is 2. The fraction of sp³-hybridized carbons (Fsp3) is 0.611. The minimum absolute atomic E-state index is 0.167. The van der Waals surface area contributed by atoms with Crippen LogP contribution in [0.25, 0.3) is 0 Å². The summed E-state index contributed by atoms with van der Waals surface area (Å²) in [4.78, 5) is 26.3. The molecule has 2 aromatic rings. The first-order chi connectivity index (χ1) is 21.4. The van der Waals surface area contributed by atoms with E-state index in [1.54, 1.807) is 12.1 Å². The molecule has 4 atom stereocenters. The third-order valence-electron chi connectivity index (χ3n) is 10.9. The lowest BCUT2D eigenvalue weighted by atomic mass is 9.51. The molecule has 8 nitrogen and oxygen atoms in total. The number of hydrogen-bond acceptors (Lipinski definition) is 8. The van der Waals surface area contributed by atoms with Gasteiger partial charge in [-0.25, -0.2) is 0 Å². The smallest absolute Gasteiger partial charge is 0.315 e. The second-order valence-corrected chi connectivity index (χ2v) is 25.6. The van der Waals surface area contributed by atoms with Gasteiger partial charge in [0.05, 0.1) is 25.0 Å². The zero-order valence-electron chi connectivity index (χ0n) is 29.3. The fourth-order valence-electron chi connectivity index (χ4n) is 5.98. The Bertz CT molecular complexity index is 1350. The van der Waals surface area contributed by atoms with E-state index in [4.69, 9.17) is 27.8 Å². The predicted octanol–water partition coefficient (Wildman–Crippen LogP) is 8.22. The van der Waals surface area contributed by atoms with Gasteiger partial charge >= 0.3 is 11.9 Å². The van der Waals surface area contributed by atoms with Crippen molar-refractivity contribution in [3.63, 3.8) is 0 Å². The van der Waals surface area contributed by atoms with Gasteiger partial charge in [0.25, 0.3) is 0 Å². The first kappa shape index (κ1) is 34.7. The van der Waals surface area contributed by atoms with E-state index in [2.05, 4.69) is 67.7 Å². The molecule has 1 saturated carbocycles. The summed E-state index contributed by atoms with van der Waals surface area (Å²) in [6, 6.07) is 11.4. The summed E-state index contributed by atoms with van der Waals surface area (Å²) < 4.78 is 36.0. The Labute approximate surface area is 276 Å². The van der Waals surface area contributed by atoms with Crippen LogP contribution in [-0.2, 0) is 18.4 Å². The number of rotatable bonds is 12. The average molecular weight is 669 g/mol. The van der Waals surface area contributed by atoms with Crippen LogP contribution in [0.5, 0.6) is 23.0 Å². The highest BCUT2D eigenvalue weighted by Gasteiger charge is 2.64. The molecule has 0 unspecified atom stereocenters. The maximum atomic E-state index is 13.1. The molecule has 2 aliphatic heterocycles. The second kappa shape index (κ2) is 12.7. The van der Waals surface area contributed by atoms with Gasteiger partial charge in [-0.2, -0.15) is 0 Å². The first-order valence-electron chi connectivity index (χ1n) is 16.7. The molecule has 1 fully saturated rings. The van der Waals surface area contributed by atoms with E-state index >= 15 is 0 Å². The Morgan fingerprint density at radius 1 is 0.587 bits per heavy atom. The molecule has 0 radical (unpaired) electrons. The lowest BCUT2D eigenvalue weighted by molar-refractivity contribution is -0.165.